The van der Waals surface area contributed by atoms with Crippen molar-refractivity contribution in [1.82, 2.24) is 10.9 Å². The van der Waals surface area contributed by atoms with Crippen LogP contribution in [-0.2, 0) is 9.59 Å². The molecule has 1 saturated heterocycles. The van der Waals surface area contributed by atoms with E-state index in [1.54, 1.807) is 29.2 Å². The number of nitrogens with one attached hydrogen (secondary N) is 2. The van der Waals surface area contributed by atoms with Crippen LogP contribution in [0.2, 0.25) is 5.02 Å². The highest BCUT2D eigenvalue weighted by molar-refractivity contribution is 6.30. The average Bonchev–Trinajstić information content (AvgIpc) is 3.01. The summed E-state index contributed by atoms with van der Waals surface area (Å²) in [6.45, 7) is 4.16. The van der Waals surface area contributed by atoms with E-state index in [1.807, 2.05) is 32.0 Å². The third-order valence-electron chi connectivity index (χ3n) is 4.61. The van der Waals surface area contributed by atoms with Crippen LogP contribution in [0.25, 0.3) is 0 Å². The molecule has 2 aromatic carbocycles. The Morgan fingerprint density at radius 1 is 1.04 bits per heavy atom. The predicted molar refractivity (Wildman–Crippen MR) is 103 cm³/mol. The summed E-state index contributed by atoms with van der Waals surface area (Å²) in [6.07, 6.45) is 0.108. The van der Waals surface area contributed by atoms with Crippen molar-refractivity contribution in [2.45, 2.75) is 20.3 Å². The number of hydrogen-bond acceptors (Lipinski definition) is 3. The topological polar surface area (TPSA) is 78.5 Å². The van der Waals surface area contributed by atoms with Gasteiger partial charge in [0.2, 0.25) is 11.8 Å². The van der Waals surface area contributed by atoms with Gasteiger partial charge in [-0.1, -0.05) is 29.8 Å². The van der Waals surface area contributed by atoms with E-state index in [4.69, 9.17) is 11.6 Å². The van der Waals surface area contributed by atoms with E-state index in [0.717, 1.165) is 16.8 Å². The van der Waals surface area contributed by atoms with Crippen LogP contribution in [0.5, 0.6) is 0 Å². The SMILES string of the molecule is Cc1cccc(C)c1N1C[C@@H](C(=O)NNC(=O)c2ccc(Cl)cc2)CC1=O. The first-order valence-corrected chi connectivity index (χ1v) is 8.97. The molecule has 140 valence electrons. The summed E-state index contributed by atoms with van der Waals surface area (Å²) in [7, 11) is 0. The quantitative estimate of drug-likeness (QED) is 0.797. The molecule has 0 aromatic heterocycles. The molecule has 27 heavy (non-hydrogen) atoms. The highest BCUT2D eigenvalue weighted by atomic mass is 35.5. The van der Waals surface area contributed by atoms with Crippen molar-refractivity contribution in [2.75, 3.05) is 11.4 Å². The maximum atomic E-state index is 12.4. The van der Waals surface area contributed by atoms with Crippen LogP contribution in [0, 0.1) is 19.8 Å². The lowest BCUT2D eigenvalue weighted by Crippen LogP contribution is -2.45. The molecule has 0 radical (unpaired) electrons. The van der Waals surface area contributed by atoms with Crippen molar-refractivity contribution in [3.8, 4) is 0 Å². The maximum absolute atomic E-state index is 12.4. The number of carbonyl (C=O) groups is 3. The zero-order chi connectivity index (χ0) is 19.6. The Hall–Kier alpha value is -2.86. The van der Waals surface area contributed by atoms with E-state index in [-0.39, 0.29) is 24.8 Å². The Labute approximate surface area is 162 Å². The number of benzene rings is 2. The minimum absolute atomic E-state index is 0.100. The average molecular weight is 386 g/mol. The fraction of sp³-hybridized carbons (Fsp3) is 0.250. The van der Waals surface area contributed by atoms with Gasteiger partial charge in [-0.25, -0.2) is 0 Å². The molecule has 1 atom stereocenters. The van der Waals surface area contributed by atoms with Gasteiger partial charge in [0.25, 0.3) is 5.91 Å². The zero-order valence-electron chi connectivity index (χ0n) is 15.1. The van der Waals surface area contributed by atoms with Gasteiger partial charge in [0, 0.05) is 29.2 Å². The highest BCUT2D eigenvalue weighted by Gasteiger charge is 2.36. The normalized spacial score (nSPS) is 16.3. The summed E-state index contributed by atoms with van der Waals surface area (Å²) >= 11 is 5.79. The summed E-state index contributed by atoms with van der Waals surface area (Å²) in [4.78, 5) is 38.6. The third-order valence-corrected chi connectivity index (χ3v) is 4.86. The minimum atomic E-state index is -0.526. The summed E-state index contributed by atoms with van der Waals surface area (Å²) in [5, 5.41) is 0.520. The van der Waals surface area contributed by atoms with Gasteiger partial charge in [-0.3, -0.25) is 25.2 Å². The van der Waals surface area contributed by atoms with Crippen molar-refractivity contribution in [3.05, 3.63) is 64.2 Å². The van der Waals surface area contributed by atoms with E-state index < -0.39 is 11.8 Å². The number of halogens is 1. The molecule has 6 nitrogen and oxygen atoms in total. The molecule has 0 saturated carbocycles. The highest BCUT2D eigenvalue weighted by Crippen LogP contribution is 2.30. The first-order valence-electron chi connectivity index (χ1n) is 8.59. The summed E-state index contributed by atoms with van der Waals surface area (Å²) in [5.74, 6) is -1.46. The van der Waals surface area contributed by atoms with E-state index >= 15 is 0 Å². The molecule has 1 aliphatic rings. The molecule has 2 aromatic rings. The van der Waals surface area contributed by atoms with Crippen molar-refractivity contribution in [2.24, 2.45) is 5.92 Å². The monoisotopic (exact) mass is 385 g/mol. The molecule has 0 aliphatic carbocycles. The van der Waals surface area contributed by atoms with Gasteiger partial charge in [0.1, 0.15) is 0 Å². The van der Waals surface area contributed by atoms with Gasteiger partial charge in [0.15, 0.2) is 0 Å². The van der Waals surface area contributed by atoms with E-state index in [2.05, 4.69) is 10.9 Å². The zero-order valence-corrected chi connectivity index (χ0v) is 15.8. The molecule has 7 heteroatoms. The van der Waals surface area contributed by atoms with Gasteiger partial charge < -0.3 is 4.90 Å². The van der Waals surface area contributed by atoms with Gasteiger partial charge in [-0.2, -0.15) is 0 Å². The van der Waals surface area contributed by atoms with Crippen LogP contribution in [0.3, 0.4) is 0 Å². The molecular formula is C20H20ClN3O3. The second-order valence-corrected chi connectivity index (χ2v) is 7.03. The molecule has 3 rings (SSSR count). The number of anilines is 1. The Morgan fingerprint density at radius 2 is 1.67 bits per heavy atom. The van der Waals surface area contributed by atoms with Gasteiger partial charge >= 0.3 is 0 Å². The van der Waals surface area contributed by atoms with E-state index in [1.165, 1.54) is 0 Å². The molecule has 1 aliphatic heterocycles. The lowest BCUT2D eigenvalue weighted by Gasteiger charge is -2.21. The Balaban J connectivity index is 1.62. The number of amides is 3. The van der Waals surface area contributed by atoms with Crippen molar-refractivity contribution in [1.29, 1.82) is 0 Å². The van der Waals surface area contributed by atoms with E-state index in [9.17, 15) is 14.4 Å². The van der Waals surface area contributed by atoms with Crippen molar-refractivity contribution < 1.29 is 14.4 Å². The van der Waals surface area contributed by atoms with Crippen LogP contribution in [0.4, 0.5) is 5.69 Å². The largest absolute Gasteiger partial charge is 0.311 e. The number of carbonyl (C=O) groups excluding carboxylic acids is 3. The third kappa shape index (κ3) is 4.11. The fourth-order valence-corrected chi connectivity index (χ4v) is 3.35. The number of nitrogens with zero attached hydrogens (tertiary/aromatic N) is 1. The lowest BCUT2D eigenvalue weighted by atomic mass is 10.1. The molecule has 0 unspecified atom stereocenters. The first-order chi connectivity index (χ1) is 12.9. The lowest BCUT2D eigenvalue weighted by molar-refractivity contribution is -0.126. The van der Waals surface area contributed by atoms with Crippen molar-refractivity contribution in [3.63, 3.8) is 0 Å². The molecule has 1 fully saturated rings. The predicted octanol–water partition coefficient (Wildman–Crippen LogP) is 2.77. The standard InChI is InChI=1S/C20H20ClN3O3/c1-12-4-3-5-13(2)18(12)24-11-15(10-17(24)25)20(27)23-22-19(26)14-6-8-16(21)9-7-14/h3-9,15H,10-11H2,1-2H3,(H,22,26)(H,23,27)/t15-/m0/s1. The van der Waals surface area contributed by atoms with Crippen molar-refractivity contribution >= 4 is 35.0 Å². The number of para-hydroxylation sites is 1. The smallest absolute Gasteiger partial charge is 0.269 e. The number of aryl methyl sites for hydroxylation is 2. The fourth-order valence-electron chi connectivity index (χ4n) is 3.22. The number of rotatable bonds is 3. The van der Waals surface area contributed by atoms with Gasteiger partial charge in [-0.05, 0) is 49.2 Å². The Morgan fingerprint density at radius 3 is 2.30 bits per heavy atom. The van der Waals surface area contributed by atoms with Crippen LogP contribution in [0.1, 0.15) is 27.9 Å². The molecule has 1 heterocycles. The van der Waals surface area contributed by atoms with Gasteiger partial charge in [0.05, 0.1) is 5.92 Å². The van der Waals surface area contributed by atoms with Gasteiger partial charge in [-0.15, -0.1) is 0 Å². The van der Waals surface area contributed by atoms with Crippen LogP contribution < -0.4 is 15.8 Å². The molecule has 0 bridgehead atoms. The molecule has 2 N–H and O–H groups in total. The minimum Gasteiger partial charge on any atom is -0.311 e. The number of hydrogen-bond donors (Lipinski definition) is 2. The summed E-state index contributed by atoms with van der Waals surface area (Å²) in [5.41, 5.74) is 7.98. The Kier molecular flexibility index (Phi) is 5.46. The Bertz CT molecular complexity index is 876. The number of hydrazine groups is 1. The molecule has 3 amide bonds. The molecule has 0 spiro atoms. The first kappa shape index (κ1) is 18.9. The second kappa shape index (κ2) is 7.80. The van der Waals surface area contributed by atoms with Crippen LogP contribution in [0.15, 0.2) is 42.5 Å². The van der Waals surface area contributed by atoms with Crippen LogP contribution in [-0.4, -0.2) is 24.3 Å². The molecular weight excluding hydrogens is 366 g/mol. The van der Waals surface area contributed by atoms with E-state index in [0.29, 0.717) is 10.6 Å². The maximum Gasteiger partial charge on any atom is 0.269 e. The summed E-state index contributed by atoms with van der Waals surface area (Å²) < 4.78 is 0. The van der Waals surface area contributed by atoms with Crippen LogP contribution >= 0.6 is 11.6 Å². The summed E-state index contributed by atoms with van der Waals surface area (Å²) in [6, 6.07) is 12.1. The second-order valence-electron chi connectivity index (χ2n) is 6.60.